The van der Waals surface area contributed by atoms with E-state index in [0.29, 0.717) is 13.2 Å². The van der Waals surface area contributed by atoms with Crippen LogP contribution in [0.25, 0.3) is 0 Å². The SMILES string of the molecule is CCn1c(C)cc(C(=O)NC2(c3ncc[nH]3)CCOC2)c1C. The molecule has 0 spiro atoms. The van der Waals surface area contributed by atoms with Crippen molar-refractivity contribution in [2.45, 2.75) is 39.3 Å². The van der Waals surface area contributed by atoms with Gasteiger partial charge in [0.15, 0.2) is 0 Å². The summed E-state index contributed by atoms with van der Waals surface area (Å²) >= 11 is 0. The Labute approximate surface area is 129 Å². The van der Waals surface area contributed by atoms with Crippen LogP contribution in [0.1, 0.15) is 40.9 Å². The second kappa shape index (κ2) is 5.61. The summed E-state index contributed by atoms with van der Waals surface area (Å²) in [7, 11) is 0. The van der Waals surface area contributed by atoms with Crippen LogP contribution < -0.4 is 5.32 Å². The molecule has 0 saturated carbocycles. The van der Waals surface area contributed by atoms with E-state index < -0.39 is 5.54 Å². The molecular formula is C16H22N4O2. The Morgan fingerprint density at radius 2 is 2.36 bits per heavy atom. The van der Waals surface area contributed by atoms with E-state index in [4.69, 9.17) is 4.74 Å². The van der Waals surface area contributed by atoms with Crippen LogP contribution in [0.3, 0.4) is 0 Å². The summed E-state index contributed by atoms with van der Waals surface area (Å²) in [6.45, 7) is 8.01. The van der Waals surface area contributed by atoms with Crippen LogP contribution in [-0.4, -0.2) is 33.7 Å². The van der Waals surface area contributed by atoms with E-state index in [-0.39, 0.29) is 5.91 Å². The lowest BCUT2D eigenvalue weighted by atomic mass is 9.97. The number of nitrogens with one attached hydrogen (secondary N) is 2. The van der Waals surface area contributed by atoms with Crippen LogP contribution >= 0.6 is 0 Å². The van der Waals surface area contributed by atoms with Crippen molar-refractivity contribution in [3.8, 4) is 0 Å². The summed E-state index contributed by atoms with van der Waals surface area (Å²) < 4.78 is 7.66. The van der Waals surface area contributed by atoms with Gasteiger partial charge in [-0.2, -0.15) is 0 Å². The Morgan fingerprint density at radius 1 is 1.55 bits per heavy atom. The largest absolute Gasteiger partial charge is 0.378 e. The highest BCUT2D eigenvalue weighted by atomic mass is 16.5. The third kappa shape index (κ3) is 2.33. The number of carbonyl (C=O) groups is 1. The van der Waals surface area contributed by atoms with Gasteiger partial charge in [0, 0.05) is 43.4 Å². The van der Waals surface area contributed by atoms with Crippen molar-refractivity contribution >= 4 is 5.91 Å². The molecule has 6 nitrogen and oxygen atoms in total. The molecule has 118 valence electrons. The molecule has 1 fully saturated rings. The van der Waals surface area contributed by atoms with Gasteiger partial charge in [-0.1, -0.05) is 0 Å². The molecule has 2 N–H and O–H groups in total. The molecule has 1 amide bonds. The second-order valence-electron chi connectivity index (χ2n) is 5.81. The number of imidazole rings is 1. The summed E-state index contributed by atoms with van der Waals surface area (Å²) in [6.07, 6.45) is 4.19. The molecule has 22 heavy (non-hydrogen) atoms. The fraction of sp³-hybridized carbons (Fsp3) is 0.500. The Balaban J connectivity index is 1.90. The highest BCUT2D eigenvalue weighted by Gasteiger charge is 2.41. The lowest BCUT2D eigenvalue weighted by molar-refractivity contribution is 0.0869. The summed E-state index contributed by atoms with van der Waals surface area (Å²) in [6, 6.07) is 1.94. The Morgan fingerprint density at radius 3 is 2.91 bits per heavy atom. The number of H-pyrrole nitrogens is 1. The minimum Gasteiger partial charge on any atom is -0.378 e. The zero-order valence-electron chi connectivity index (χ0n) is 13.3. The predicted molar refractivity (Wildman–Crippen MR) is 82.7 cm³/mol. The molecule has 0 bridgehead atoms. The number of aryl methyl sites for hydroxylation is 1. The number of ether oxygens (including phenoxy) is 1. The van der Waals surface area contributed by atoms with Crippen LogP contribution in [0.15, 0.2) is 18.5 Å². The molecule has 3 heterocycles. The minimum atomic E-state index is -0.560. The van der Waals surface area contributed by atoms with Gasteiger partial charge in [-0.3, -0.25) is 4.79 Å². The fourth-order valence-corrected chi connectivity index (χ4v) is 3.24. The van der Waals surface area contributed by atoms with Crippen molar-refractivity contribution in [3.05, 3.63) is 41.2 Å². The predicted octanol–water partition coefficient (Wildman–Crippen LogP) is 1.89. The highest BCUT2D eigenvalue weighted by molar-refractivity contribution is 5.96. The molecule has 6 heteroatoms. The Kier molecular flexibility index (Phi) is 3.78. The Hall–Kier alpha value is -2.08. The van der Waals surface area contributed by atoms with Crippen LogP contribution in [0.5, 0.6) is 0 Å². The molecule has 0 aliphatic carbocycles. The van der Waals surface area contributed by atoms with Gasteiger partial charge >= 0.3 is 0 Å². The summed E-state index contributed by atoms with van der Waals surface area (Å²) in [4.78, 5) is 20.2. The summed E-state index contributed by atoms with van der Waals surface area (Å²) in [5.41, 5.74) is 2.25. The minimum absolute atomic E-state index is 0.0744. The maximum Gasteiger partial charge on any atom is 0.253 e. The monoisotopic (exact) mass is 302 g/mol. The third-order valence-corrected chi connectivity index (χ3v) is 4.46. The van der Waals surface area contributed by atoms with Gasteiger partial charge in [-0.05, 0) is 26.8 Å². The second-order valence-corrected chi connectivity index (χ2v) is 5.81. The number of hydrogen-bond acceptors (Lipinski definition) is 3. The molecule has 1 aliphatic heterocycles. The smallest absolute Gasteiger partial charge is 0.253 e. The number of hydrogen-bond donors (Lipinski definition) is 2. The topological polar surface area (TPSA) is 71.9 Å². The average molecular weight is 302 g/mol. The zero-order chi connectivity index (χ0) is 15.7. The van der Waals surface area contributed by atoms with Crippen LogP contribution in [0, 0.1) is 13.8 Å². The number of aromatic nitrogens is 3. The van der Waals surface area contributed by atoms with Crippen molar-refractivity contribution in [3.63, 3.8) is 0 Å². The number of nitrogens with zero attached hydrogens (tertiary/aromatic N) is 2. The van der Waals surface area contributed by atoms with Crippen molar-refractivity contribution in [2.75, 3.05) is 13.2 Å². The number of amides is 1. The van der Waals surface area contributed by atoms with Gasteiger partial charge in [0.05, 0.1) is 12.2 Å². The van der Waals surface area contributed by atoms with Crippen molar-refractivity contribution in [1.82, 2.24) is 19.9 Å². The van der Waals surface area contributed by atoms with Crippen molar-refractivity contribution in [2.24, 2.45) is 0 Å². The van der Waals surface area contributed by atoms with E-state index in [9.17, 15) is 4.79 Å². The molecule has 1 aliphatic rings. The van der Waals surface area contributed by atoms with Crippen LogP contribution in [-0.2, 0) is 16.8 Å². The molecule has 1 saturated heterocycles. The molecule has 2 aromatic rings. The fourth-order valence-electron chi connectivity index (χ4n) is 3.24. The Bertz CT molecular complexity index is 667. The van der Waals surface area contributed by atoms with E-state index in [1.54, 1.807) is 12.4 Å². The molecule has 0 radical (unpaired) electrons. The lowest BCUT2D eigenvalue weighted by Gasteiger charge is -2.26. The average Bonchev–Trinajstić information content (AvgIpc) is 3.20. The standard InChI is InChI=1S/C16H22N4O2/c1-4-20-11(2)9-13(12(20)3)14(21)19-16(5-8-22-10-16)15-17-6-7-18-15/h6-7,9H,4-5,8,10H2,1-3H3,(H,17,18)(H,19,21). The van der Waals surface area contributed by atoms with E-state index in [1.165, 1.54) is 0 Å². The third-order valence-electron chi connectivity index (χ3n) is 4.46. The van der Waals surface area contributed by atoms with Gasteiger partial charge < -0.3 is 19.6 Å². The number of aromatic amines is 1. The molecule has 1 atom stereocenters. The first-order chi connectivity index (χ1) is 10.6. The van der Waals surface area contributed by atoms with E-state index in [2.05, 4.69) is 26.8 Å². The molecule has 2 aromatic heterocycles. The van der Waals surface area contributed by atoms with Crippen LogP contribution in [0.4, 0.5) is 0 Å². The first-order valence-corrected chi connectivity index (χ1v) is 7.64. The van der Waals surface area contributed by atoms with E-state index in [0.717, 1.165) is 35.7 Å². The zero-order valence-corrected chi connectivity index (χ0v) is 13.3. The van der Waals surface area contributed by atoms with Crippen molar-refractivity contribution in [1.29, 1.82) is 0 Å². The molecule has 0 aromatic carbocycles. The first-order valence-electron chi connectivity index (χ1n) is 7.64. The summed E-state index contributed by atoms with van der Waals surface area (Å²) in [5, 5.41) is 3.15. The maximum atomic E-state index is 12.8. The van der Waals surface area contributed by atoms with Crippen molar-refractivity contribution < 1.29 is 9.53 Å². The number of carbonyl (C=O) groups excluding carboxylic acids is 1. The van der Waals surface area contributed by atoms with Gasteiger partial charge in [-0.15, -0.1) is 0 Å². The van der Waals surface area contributed by atoms with E-state index in [1.807, 2.05) is 19.9 Å². The van der Waals surface area contributed by atoms with Gasteiger partial charge in [0.2, 0.25) is 0 Å². The van der Waals surface area contributed by atoms with Crippen LogP contribution in [0.2, 0.25) is 0 Å². The lowest BCUT2D eigenvalue weighted by Crippen LogP contribution is -2.47. The molecule has 3 rings (SSSR count). The van der Waals surface area contributed by atoms with Gasteiger partial charge in [-0.25, -0.2) is 4.98 Å². The highest BCUT2D eigenvalue weighted by Crippen LogP contribution is 2.29. The normalized spacial score (nSPS) is 21.2. The number of rotatable bonds is 4. The first kappa shape index (κ1) is 14.8. The molecule has 1 unspecified atom stereocenters. The van der Waals surface area contributed by atoms with Gasteiger partial charge in [0.25, 0.3) is 5.91 Å². The van der Waals surface area contributed by atoms with E-state index >= 15 is 0 Å². The van der Waals surface area contributed by atoms with Gasteiger partial charge in [0.1, 0.15) is 11.4 Å². The molecular weight excluding hydrogens is 280 g/mol. The summed E-state index contributed by atoms with van der Waals surface area (Å²) in [5.74, 6) is 0.678. The maximum absolute atomic E-state index is 12.8. The quantitative estimate of drug-likeness (QED) is 0.906.